The van der Waals surface area contributed by atoms with Crippen LogP contribution < -0.4 is 17.0 Å². The van der Waals surface area contributed by atoms with E-state index in [1.54, 1.807) is 20.8 Å². The Morgan fingerprint density at radius 3 is 2.71 bits per heavy atom. The Labute approximate surface area is 142 Å². The lowest BCUT2D eigenvalue weighted by Gasteiger charge is -2.15. The van der Waals surface area contributed by atoms with Gasteiger partial charge in [0.25, 0.3) is 5.56 Å². The van der Waals surface area contributed by atoms with E-state index in [0.29, 0.717) is 22.9 Å². The van der Waals surface area contributed by atoms with Gasteiger partial charge in [0, 0.05) is 12.0 Å². The first-order valence-corrected chi connectivity index (χ1v) is 8.73. The molecule has 0 aliphatic carbocycles. The molecule has 0 bridgehead atoms. The molecule has 1 unspecified atom stereocenters. The van der Waals surface area contributed by atoms with Crippen molar-refractivity contribution in [2.75, 3.05) is 12.3 Å². The van der Waals surface area contributed by atoms with Gasteiger partial charge in [-0.15, -0.1) is 11.3 Å². The van der Waals surface area contributed by atoms with E-state index in [-0.39, 0.29) is 23.0 Å². The first kappa shape index (κ1) is 16.9. The van der Waals surface area contributed by atoms with Crippen LogP contribution in [0, 0.1) is 5.41 Å². The summed E-state index contributed by atoms with van der Waals surface area (Å²) < 4.78 is 7.05. The van der Waals surface area contributed by atoms with Crippen molar-refractivity contribution in [2.45, 2.75) is 46.3 Å². The number of nitrogens with zero attached hydrogens (tertiary/aromatic N) is 1. The normalized spacial score (nSPS) is 18.4. The number of nitrogens with two attached hydrogens (primary N) is 1. The second-order valence-electron chi connectivity index (χ2n) is 7.11. The molecular weight excluding hydrogens is 330 g/mol. The molecule has 0 aromatic carbocycles. The average molecular weight is 351 g/mol. The first-order valence-electron chi connectivity index (χ1n) is 7.91. The predicted molar refractivity (Wildman–Crippen MR) is 93.9 cm³/mol. The zero-order valence-electron chi connectivity index (χ0n) is 14.0. The average Bonchev–Trinajstić information content (AvgIpc) is 3.09. The van der Waals surface area contributed by atoms with Gasteiger partial charge in [-0.25, -0.2) is 4.79 Å². The summed E-state index contributed by atoms with van der Waals surface area (Å²) >= 11 is 1.11. The number of hydrogen-bond donors (Lipinski definition) is 2. The van der Waals surface area contributed by atoms with Gasteiger partial charge in [-0.3, -0.25) is 19.1 Å². The van der Waals surface area contributed by atoms with Gasteiger partial charge in [-0.2, -0.15) is 0 Å². The molecule has 1 aliphatic heterocycles. The number of hydrogen-bond acceptors (Lipinski definition) is 6. The lowest BCUT2D eigenvalue weighted by molar-refractivity contribution is 0.0863. The summed E-state index contributed by atoms with van der Waals surface area (Å²) in [6.45, 7) is 6.40. The van der Waals surface area contributed by atoms with Gasteiger partial charge in [0.2, 0.25) is 0 Å². The number of ketones is 1. The van der Waals surface area contributed by atoms with Gasteiger partial charge in [0.15, 0.2) is 5.78 Å². The molecule has 3 rings (SSSR count). The molecule has 8 heteroatoms. The lowest BCUT2D eigenvalue weighted by atomic mass is 9.89. The number of fused-ring (bicyclic) bond motifs is 1. The monoisotopic (exact) mass is 351 g/mol. The predicted octanol–water partition coefficient (Wildman–Crippen LogP) is 1.74. The van der Waals surface area contributed by atoms with Crippen LogP contribution in [0.15, 0.2) is 9.59 Å². The Kier molecular flexibility index (Phi) is 4.13. The largest absolute Gasteiger partial charge is 0.397 e. The van der Waals surface area contributed by atoms with Crippen LogP contribution in [0.2, 0.25) is 0 Å². The molecule has 0 amide bonds. The number of carbonyl (C=O) groups excluding carboxylic acids is 1. The summed E-state index contributed by atoms with van der Waals surface area (Å²) in [5, 5.41) is 0.213. The number of aromatic amines is 1. The third-order valence-electron chi connectivity index (χ3n) is 4.16. The van der Waals surface area contributed by atoms with E-state index >= 15 is 0 Å². The third-order valence-corrected chi connectivity index (χ3v) is 5.39. The van der Waals surface area contributed by atoms with Crippen LogP contribution in [0.25, 0.3) is 10.2 Å². The smallest absolute Gasteiger partial charge is 0.329 e. The van der Waals surface area contributed by atoms with Crippen molar-refractivity contribution in [1.29, 1.82) is 0 Å². The van der Waals surface area contributed by atoms with Crippen molar-refractivity contribution in [3.63, 3.8) is 0 Å². The summed E-state index contributed by atoms with van der Waals surface area (Å²) in [7, 11) is 0. The summed E-state index contributed by atoms with van der Waals surface area (Å²) in [6.07, 6.45) is 1.75. The molecule has 7 nitrogen and oxygen atoms in total. The van der Waals surface area contributed by atoms with Crippen molar-refractivity contribution in [2.24, 2.45) is 5.41 Å². The number of H-pyrrole nitrogens is 1. The minimum Gasteiger partial charge on any atom is -0.397 e. The topological polar surface area (TPSA) is 107 Å². The standard InChI is InChI=1S/C16H21N3O4S/c1-16(2,3)12(20)11-10(17)9-13(21)18-15(22)19(14(9)24-11)7-8-5-4-6-23-8/h8H,4-7,17H2,1-3H3,(H,18,21,22). The highest BCUT2D eigenvalue weighted by molar-refractivity contribution is 7.21. The minimum atomic E-state index is -0.624. The fourth-order valence-corrected chi connectivity index (χ4v) is 4.20. The van der Waals surface area contributed by atoms with Crippen molar-refractivity contribution in [1.82, 2.24) is 9.55 Å². The van der Waals surface area contributed by atoms with Gasteiger partial charge < -0.3 is 10.5 Å². The maximum atomic E-state index is 12.6. The van der Waals surface area contributed by atoms with Crippen LogP contribution in [0.3, 0.4) is 0 Å². The second-order valence-corrected chi connectivity index (χ2v) is 8.11. The van der Waals surface area contributed by atoms with E-state index in [2.05, 4.69) is 4.98 Å². The van der Waals surface area contributed by atoms with Gasteiger partial charge >= 0.3 is 5.69 Å². The molecule has 3 heterocycles. The molecule has 0 saturated carbocycles. The maximum Gasteiger partial charge on any atom is 0.329 e. The minimum absolute atomic E-state index is 0.0677. The van der Waals surface area contributed by atoms with Crippen LogP contribution in [-0.4, -0.2) is 28.0 Å². The second kappa shape index (κ2) is 5.86. The molecule has 24 heavy (non-hydrogen) atoms. The molecule has 1 saturated heterocycles. The van der Waals surface area contributed by atoms with E-state index in [1.165, 1.54) is 4.57 Å². The van der Waals surface area contributed by atoms with Crippen LogP contribution in [-0.2, 0) is 11.3 Å². The highest BCUT2D eigenvalue weighted by atomic mass is 32.1. The number of thiophene rings is 1. The Bertz CT molecular complexity index is 910. The molecule has 0 radical (unpaired) electrons. The summed E-state index contributed by atoms with van der Waals surface area (Å²) in [6, 6.07) is 0. The number of nitrogen functional groups attached to an aromatic ring is 1. The molecule has 1 fully saturated rings. The van der Waals surface area contributed by atoms with Gasteiger partial charge in [0.05, 0.1) is 28.6 Å². The number of rotatable bonds is 3. The molecule has 3 N–H and O–H groups in total. The van der Waals surface area contributed by atoms with E-state index < -0.39 is 16.7 Å². The zero-order valence-corrected chi connectivity index (χ0v) is 14.8. The number of ether oxygens (including phenoxy) is 1. The molecule has 2 aromatic rings. The Balaban J connectivity index is 2.20. The van der Waals surface area contributed by atoms with Crippen molar-refractivity contribution >= 4 is 33.0 Å². The maximum absolute atomic E-state index is 12.6. The fourth-order valence-electron chi connectivity index (χ4n) is 2.83. The first-order chi connectivity index (χ1) is 11.2. The zero-order chi connectivity index (χ0) is 17.6. The summed E-state index contributed by atoms with van der Waals surface area (Å²) in [5.74, 6) is -0.142. The molecule has 130 valence electrons. The van der Waals surface area contributed by atoms with Crippen molar-refractivity contribution < 1.29 is 9.53 Å². The van der Waals surface area contributed by atoms with Crippen molar-refractivity contribution in [3.05, 3.63) is 25.7 Å². The van der Waals surface area contributed by atoms with Gasteiger partial charge in [-0.1, -0.05) is 20.8 Å². The SMILES string of the molecule is CC(C)(C)C(=O)c1sc2c(c1N)c(=O)[nH]c(=O)n2CC1CCCO1. The quantitative estimate of drug-likeness (QED) is 0.819. The van der Waals surface area contributed by atoms with Crippen LogP contribution in [0.4, 0.5) is 5.69 Å². The molecule has 0 spiro atoms. The van der Waals surface area contributed by atoms with E-state index in [0.717, 1.165) is 24.2 Å². The Morgan fingerprint density at radius 1 is 1.42 bits per heavy atom. The van der Waals surface area contributed by atoms with E-state index in [9.17, 15) is 14.4 Å². The molecule has 2 aromatic heterocycles. The Hall–Kier alpha value is -1.93. The lowest BCUT2D eigenvalue weighted by Crippen LogP contribution is -2.33. The van der Waals surface area contributed by atoms with E-state index in [4.69, 9.17) is 10.5 Å². The number of aromatic nitrogens is 2. The molecule has 1 aliphatic rings. The molecular formula is C16H21N3O4S. The van der Waals surface area contributed by atoms with Crippen LogP contribution in [0.1, 0.15) is 43.3 Å². The summed E-state index contributed by atoms with van der Waals surface area (Å²) in [5.41, 5.74) is 4.56. The third kappa shape index (κ3) is 2.80. The highest BCUT2D eigenvalue weighted by Crippen LogP contribution is 2.35. The van der Waals surface area contributed by atoms with E-state index in [1.807, 2.05) is 0 Å². The number of anilines is 1. The van der Waals surface area contributed by atoms with Gasteiger partial charge in [0.1, 0.15) is 4.83 Å². The number of Topliss-reactive ketones (excluding diaryl/α,β-unsaturated/α-hetero) is 1. The van der Waals surface area contributed by atoms with Crippen LogP contribution >= 0.6 is 11.3 Å². The van der Waals surface area contributed by atoms with Crippen molar-refractivity contribution in [3.8, 4) is 0 Å². The number of carbonyl (C=O) groups is 1. The van der Waals surface area contributed by atoms with Crippen LogP contribution in [0.5, 0.6) is 0 Å². The summed E-state index contributed by atoms with van der Waals surface area (Å²) in [4.78, 5) is 40.1. The molecule has 1 atom stereocenters. The van der Waals surface area contributed by atoms with Gasteiger partial charge in [-0.05, 0) is 12.8 Å². The fraction of sp³-hybridized carbons (Fsp3) is 0.562. The number of nitrogens with one attached hydrogen (secondary N) is 1. The Morgan fingerprint density at radius 2 is 2.12 bits per heavy atom. The highest BCUT2D eigenvalue weighted by Gasteiger charge is 2.30.